The molecule has 4 rings (SSSR count). The molecule has 0 saturated carbocycles. The number of benzene rings is 3. The molecule has 3 aromatic carbocycles. The molecule has 0 spiro atoms. The normalized spacial score (nSPS) is 11.0. The second kappa shape index (κ2) is 6.95. The zero-order valence-corrected chi connectivity index (χ0v) is 16.5. The second-order valence-corrected chi connectivity index (χ2v) is 8.61. The molecule has 0 amide bonds. The van der Waals surface area contributed by atoms with Crippen LogP contribution in [0.25, 0.3) is 22.2 Å². The summed E-state index contributed by atoms with van der Waals surface area (Å²) in [6.07, 6.45) is 0. The summed E-state index contributed by atoms with van der Waals surface area (Å²) in [6, 6.07) is 27.2. The number of hydrogen-bond acceptors (Lipinski definition) is 1. The van der Waals surface area contributed by atoms with Crippen molar-refractivity contribution in [2.45, 2.75) is 13.8 Å². The van der Waals surface area contributed by atoms with E-state index in [9.17, 15) is 4.79 Å². The van der Waals surface area contributed by atoms with Crippen molar-refractivity contribution in [1.29, 1.82) is 0 Å². The number of fused-ring (bicyclic) bond motifs is 1. The van der Waals surface area contributed by atoms with Crippen LogP contribution in [0.15, 0.2) is 78.9 Å². The van der Waals surface area contributed by atoms with Gasteiger partial charge in [0.25, 0.3) is 0 Å². The second-order valence-electron chi connectivity index (χ2n) is 6.33. The van der Waals surface area contributed by atoms with Gasteiger partial charge in [0.2, 0.25) is 0 Å². The average molecular weight is 404 g/mol. The molecule has 4 aromatic rings. The van der Waals surface area contributed by atoms with E-state index in [4.69, 9.17) is 0 Å². The van der Waals surface area contributed by atoms with Crippen LogP contribution in [0, 0.1) is 6.92 Å². The molecular weight excluding hydrogens is 385 g/mol. The summed E-state index contributed by atoms with van der Waals surface area (Å²) < 4.78 is 4.46. The molecule has 1 aromatic heterocycles. The molecule has 0 N–H and O–H groups in total. The third-order valence-electron chi connectivity index (χ3n) is 4.40. The van der Waals surface area contributed by atoms with Gasteiger partial charge in [-0.3, -0.25) is 0 Å². The van der Waals surface area contributed by atoms with E-state index in [1.807, 2.05) is 28.8 Å². The van der Waals surface area contributed by atoms with Crippen LogP contribution in [-0.2, 0) is 0 Å². The van der Waals surface area contributed by atoms with E-state index in [-0.39, 0.29) is 20.9 Å². The molecule has 0 radical (unpaired) electrons. The Morgan fingerprint density at radius 3 is 2.19 bits per heavy atom. The van der Waals surface area contributed by atoms with Gasteiger partial charge in [0.15, 0.2) is 0 Å². The summed E-state index contributed by atoms with van der Waals surface area (Å²) in [5, 5.41) is 1.17. The number of hydrogen-bond donors (Lipinski definition) is 0. The Kier molecular flexibility index (Phi) is 4.50. The maximum absolute atomic E-state index is 12.6. The van der Waals surface area contributed by atoms with E-state index < -0.39 is 0 Å². The van der Waals surface area contributed by atoms with E-state index in [1.54, 1.807) is 6.92 Å². The molecule has 0 saturated heterocycles. The van der Waals surface area contributed by atoms with E-state index >= 15 is 0 Å². The third-order valence-corrected chi connectivity index (χ3v) is 6.76. The minimum atomic E-state index is 0.0505. The first-order valence-electron chi connectivity index (χ1n) is 8.59. The fraction of sp³-hybridized carbons (Fsp3) is 0.0870. The number of rotatable bonds is 3. The first-order valence-corrected chi connectivity index (χ1v) is 10.3. The summed E-state index contributed by atoms with van der Waals surface area (Å²) in [5.74, 6) is 0.0505. The number of aromatic nitrogens is 1. The monoisotopic (exact) mass is 405 g/mol. The molecule has 2 nitrogen and oxygen atoms in total. The molecule has 0 aliphatic carbocycles. The maximum atomic E-state index is 12.6. The summed E-state index contributed by atoms with van der Waals surface area (Å²) in [7, 11) is 0. The van der Waals surface area contributed by atoms with E-state index in [1.165, 1.54) is 14.3 Å². The quantitative estimate of drug-likeness (QED) is 0.475. The van der Waals surface area contributed by atoms with Crippen molar-refractivity contribution in [2.24, 2.45) is 0 Å². The van der Waals surface area contributed by atoms with Crippen LogP contribution in [0.5, 0.6) is 0 Å². The molecule has 128 valence electrons. The summed E-state index contributed by atoms with van der Waals surface area (Å²) in [4.78, 5) is 12.6. The topological polar surface area (TPSA) is 22.0 Å². The Morgan fingerprint density at radius 1 is 0.885 bits per heavy atom. The number of carbonyl (C=O) groups is 1. The zero-order valence-electron chi connectivity index (χ0n) is 14.8. The van der Waals surface area contributed by atoms with Crippen LogP contribution >= 0.6 is 0 Å². The Labute approximate surface area is 159 Å². The fourth-order valence-corrected chi connectivity index (χ4v) is 5.61. The minimum absolute atomic E-state index is 0.0505. The van der Waals surface area contributed by atoms with Gasteiger partial charge >= 0.3 is 160 Å². The van der Waals surface area contributed by atoms with E-state index in [2.05, 4.69) is 61.5 Å². The fourth-order valence-electron chi connectivity index (χ4n) is 3.26. The molecule has 1 heterocycles. The number of nitrogens with zero attached hydrogens (tertiary/aromatic N) is 1. The van der Waals surface area contributed by atoms with Crippen molar-refractivity contribution >= 4 is 40.7 Å². The number of carbonyl (C=O) groups excluding carboxylic acids is 1. The predicted molar refractivity (Wildman–Crippen MR) is 110 cm³/mol. The van der Waals surface area contributed by atoms with Crippen LogP contribution < -0.4 is 8.92 Å². The molecule has 0 fully saturated rings. The Morgan fingerprint density at radius 2 is 1.54 bits per heavy atom. The Balaban J connectivity index is 2.06. The summed E-state index contributed by atoms with van der Waals surface area (Å²) >= 11 is 0.112. The van der Waals surface area contributed by atoms with Crippen molar-refractivity contribution in [1.82, 2.24) is 4.57 Å². The van der Waals surface area contributed by atoms with Gasteiger partial charge in [-0.15, -0.1) is 0 Å². The van der Waals surface area contributed by atoms with Crippen LogP contribution in [0.2, 0.25) is 0 Å². The summed E-state index contributed by atoms with van der Waals surface area (Å²) in [5.41, 5.74) is 4.28. The van der Waals surface area contributed by atoms with Gasteiger partial charge in [-0.2, -0.15) is 0 Å². The first-order chi connectivity index (χ1) is 12.6. The standard InChI is InChI=1S/C23H19NOSe/c1-16-13-14-20-21(15-16)24(17(2)25)22(18-9-5-3-6-10-18)23(20)26-19-11-7-4-8-12-19/h3-15H,1-2H3. The van der Waals surface area contributed by atoms with E-state index in [0.717, 1.165) is 22.3 Å². The van der Waals surface area contributed by atoms with Crippen molar-refractivity contribution in [3.8, 4) is 11.3 Å². The van der Waals surface area contributed by atoms with Crippen molar-refractivity contribution in [3.63, 3.8) is 0 Å². The zero-order chi connectivity index (χ0) is 18.1. The average Bonchev–Trinajstić information content (AvgIpc) is 2.97. The van der Waals surface area contributed by atoms with Gasteiger partial charge in [-0.25, -0.2) is 0 Å². The summed E-state index contributed by atoms with van der Waals surface area (Å²) in [6.45, 7) is 3.72. The van der Waals surface area contributed by atoms with Crippen LogP contribution in [-0.4, -0.2) is 25.4 Å². The van der Waals surface area contributed by atoms with Crippen LogP contribution in [0.4, 0.5) is 0 Å². The van der Waals surface area contributed by atoms with Crippen molar-refractivity contribution in [2.75, 3.05) is 0 Å². The first kappa shape index (κ1) is 16.8. The SMILES string of the molecule is CC(=O)n1c(-c2ccccc2)c([Se]c2ccccc2)c2ccc(C)cc21. The Bertz CT molecular complexity index is 1080. The van der Waals surface area contributed by atoms with Crippen molar-refractivity contribution < 1.29 is 4.79 Å². The van der Waals surface area contributed by atoms with Gasteiger partial charge in [0.1, 0.15) is 0 Å². The van der Waals surface area contributed by atoms with E-state index in [0.29, 0.717) is 0 Å². The molecule has 0 bridgehead atoms. The van der Waals surface area contributed by atoms with Crippen molar-refractivity contribution in [3.05, 3.63) is 84.4 Å². The molecule has 0 aliphatic rings. The Hall–Kier alpha value is -2.61. The van der Waals surface area contributed by atoms with Gasteiger partial charge in [0.05, 0.1) is 0 Å². The van der Waals surface area contributed by atoms with Gasteiger partial charge in [-0.05, 0) is 0 Å². The molecule has 0 unspecified atom stereocenters. The molecule has 0 atom stereocenters. The van der Waals surface area contributed by atoms with Crippen LogP contribution in [0.1, 0.15) is 17.3 Å². The van der Waals surface area contributed by atoms with Crippen LogP contribution in [0.3, 0.4) is 0 Å². The molecular formula is C23H19NOSe. The molecule has 3 heteroatoms. The third kappa shape index (κ3) is 3.01. The van der Waals surface area contributed by atoms with Gasteiger partial charge in [0, 0.05) is 0 Å². The molecule has 0 aliphatic heterocycles. The number of aryl methyl sites for hydroxylation is 1. The predicted octanol–water partition coefficient (Wildman–Crippen LogP) is 3.93. The van der Waals surface area contributed by atoms with Gasteiger partial charge in [-0.1, -0.05) is 0 Å². The van der Waals surface area contributed by atoms with Gasteiger partial charge < -0.3 is 0 Å². The molecule has 26 heavy (non-hydrogen) atoms.